The normalized spacial score (nSPS) is 11.7. The maximum atomic E-state index is 12.6. The van der Waals surface area contributed by atoms with Crippen molar-refractivity contribution in [1.82, 2.24) is 4.98 Å². The van der Waals surface area contributed by atoms with Crippen LogP contribution in [0.1, 0.15) is 28.0 Å². The lowest BCUT2D eigenvalue weighted by molar-refractivity contribution is -0.276. The van der Waals surface area contributed by atoms with Crippen LogP contribution in [0.25, 0.3) is 0 Å². The zero-order valence-corrected chi connectivity index (χ0v) is 8.76. The molecular weight excluding hydrogens is 265 g/mol. The van der Waals surface area contributed by atoms with Gasteiger partial charge >= 0.3 is 12.3 Å². The van der Waals surface area contributed by atoms with E-state index in [0.717, 1.165) is 6.92 Å². The van der Waals surface area contributed by atoms with Crippen molar-refractivity contribution in [3.8, 4) is 5.88 Å². The van der Waals surface area contributed by atoms with Crippen LogP contribution >= 0.6 is 0 Å². The van der Waals surface area contributed by atoms with Gasteiger partial charge in [-0.3, -0.25) is 0 Å². The Morgan fingerprint density at radius 1 is 1.44 bits per heavy atom. The van der Waals surface area contributed by atoms with Crippen molar-refractivity contribution in [2.75, 3.05) is 0 Å². The number of rotatable bonds is 3. The molecule has 1 aromatic heterocycles. The van der Waals surface area contributed by atoms with Crippen molar-refractivity contribution >= 4 is 5.97 Å². The Balaban J connectivity index is 3.44. The van der Waals surface area contributed by atoms with Gasteiger partial charge in [-0.25, -0.2) is 18.6 Å². The van der Waals surface area contributed by atoms with Gasteiger partial charge in [0.25, 0.3) is 6.43 Å². The minimum Gasteiger partial charge on any atom is -0.477 e. The van der Waals surface area contributed by atoms with Gasteiger partial charge in [-0.15, -0.1) is 13.2 Å². The molecule has 4 nitrogen and oxygen atoms in total. The number of nitrogens with zero attached hydrogens (tertiary/aromatic N) is 1. The molecule has 0 saturated heterocycles. The van der Waals surface area contributed by atoms with Gasteiger partial charge in [0.1, 0.15) is 5.56 Å². The first-order valence-electron chi connectivity index (χ1n) is 4.40. The number of alkyl halides is 5. The molecule has 0 aliphatic heterocycles. The second kappa shape index (κ2) is 4.75. The minimum atomic E-state index is -5.22. The van der Waals surface area contributed by atoms with Crippen LogP contribution in [-0.2, 0) is 0 Å². The van der Waals surface area contributed by atoms with Crippen molar-refractivity contribution in [2.45, 2.75) is 19.7 Å². The van der Waals surface area contributed by atoms with Gasteiger partial charge in [0, 0.05) is 11.3 Å². The average Bonchev–Trinajstić information content (AvgIpc) is 2.12. The number of pyridine rings is 1. The molecule has 0 atom stereocenters. The Kier molecular flexibility index (Phi) is 3.73. The number of carboxylic acids is 1. The van der Waals surface area contributed by atoms with E-state index >= 15 is 0 Å². The molecule has 0 unspecified atom stereocenters. The third-order valence-corrected chi connectivity index (χ3v) is 1.81. The summed E-state index contributed by atoms with van der Waals surface area (Å²) in [6.45, 7) is 1.14. The largest absolute Gasteiger partial charge is 0.574 e. The second-order valence-electron chi connectivity index (χ2n) is 3.19. The number of ether oxygens (including phenoxy) is 1. The van der Waals surface area contributed by atoms with Crippen molar-refractivity contribution in [3.63, 3.8) is 0 Å². The molecule has 0 amide bonds. The van der Waals surface area contributed by atoms with Crippen LogP contribution in [0.2, 0.25) is 0 Å². The highest BCUT2D eigenvalue weighted by molar-refractivity contribution is 5.92. The minimum absolute atomic E-state index is 0.213. The van der Waals surface area contributed by atoms with Crippen molar-refractivity contribution < 1.29 is 36.6 Å². The third kappa shape index (κ3) is 3.28. The lowest BCUT2D eigenvalue weighted by Gasteiger charge is -2.13. The number of aryl methyl sites for hydroxylation is 1. The summed E-state index contributed by atoms with van der Waals surface area (Å²) >= 11 is 0. The summed E-state index contributed by atoms with van der Waals surface area (Å²) in [4.78, 5) is 13.9. The Hall–Kier alpha value is -1.93. The highest BCUT2D eigenvalue weighted by Crippen LogP contribution is 2.32. The molecule has 0 bridgehead atoms. The maximum absolute atomic E-state index is 12.6. The molecule has 1 heterocycles. The van der Waals surface area contributed by atoms with E-state index in [-0.39, 0.29) is 5.69 Å². The van der Waals surface area contributed by atoms with Crippen LogP contribution in [0.15, 0.2) is 6.07 Å². The van der Waals surface area contributed by atoms with Crippen LogP contribution in [0, 0.1) is 6.92 Å². The maximum Gasteiger partial charge on any atom is 0.574 e. The molecule has 100 valence electrons. The Labute approximate surface area is 97.0 Å². The smallest absolute Gasteiger partial charge is 0.477 e. The summed E-state index contributed by atoms with van der Waals surface area (Å²) < 4.78 is 64.5. The number of carboxylic acid groups (broad SMARTS) is 1. The van der Waals surface area contributed by atoms with E-state index in [1.54, 1.807) is 0 Å². The zero-order valence-electron chi connectivity index (χ0n) is 8.76. The highest BCUT2D eigenvalue weighted by atomic mass is 19.4. The molecule has 9 heteroatoms. The molecule has 0 aromatic carbocycles. The molecule has 0 radical (unpaired) electrons. The Bertz CT molecular complexity index is 472. The molecular formula is C9H6F5NO3. The first-order valence-corrected chi connectivity index (χ1v) is 4.40. The summed E-state index contributed by atoms with van der Waals surface area (Å²) in [5.74, 6) is -3.37. The fraction of sp³-hybridized carbons (Fsp3) is 0.333. The summed E-state index contributed by atoms with van der Waals surface area (Å²) in [6, 6.07) is 0.692. The summed E-state index contributed by atoms with van der Waals surface area (Å²) in [5.41, 5.74) is -2.59. The van der Waals surface area contributed by atoms with E-state index in [1.165, 1.54) is 0 Å². The van der Waals surface area contributed by atoms with Gasteiger partial charge in [0.15, 0.2) is 0 Å². The Morgan fingerprint density at radius 3 is 2.39 bits per heavy atom. The van der Waals surface area contributed by atoms with Gasteiger partial charge in [-0.2, -0.15) is 0 Å². The van der Waals surface area contributed by atoms with E-state index in [9.17, 15) is 26.7 Å². The van der Waals surface area contributed by atoms with Gasteiger partial charge in [0.05, 0.1) is 0 Å². The summed E-state index contributed by atoms with van der Waals surface area (Å²) in [6.07, 6.45) is -8.47. The number of aromatic nitrogens is 1. The molecule has 0 spiro atoms. The first-order chi connectivity index (χ1) is 8.11. The van der Waals surface area contributed by atoms with Crippen molar-refractivity contribution in [3.05, 3.63) is 22.9 Å². The monoisotopic (exact) mass is 271 g/mol. The molecule has 18 heavy (non-hydrogen) atoms. The van der Waals surface area contributed by atoms with E-state index in [1.807, 2.05) is 0 Å². The van der Waals surface area contributed by atoms with Crippen molar-refractivity contribution in [2.24, 2.45) is 0 Å². The zero-order chi connectivity index (χ0) is 14.1. The number of hydrogen-bond donors (Lipinski definition) is 1. The van der Waals surface area contributed by atoms with Crippen LogP contribution in [0.3, 0.4) is 0 Å². The molecule has 1 aromatic rings. The van der Waals surface area contributed by atoms with E-state index < -0.39 is 35.8 Å². The molecule has 1 rings (SSSR count). The van der Waals surface area contributed by atoms with Crippen molar-refractivity contribution in [1.29, 1.82) is 0 Å². The molecule has 0 fully saturated rings. The lowest BCUT2D eigenvalue weighted by atomic mass is 10.1. The fourth-order valence-electron chi connectivity index (χ4n) is 1.24. The highest BCUT2D eigenvalue weighted by Gasteiger charge is 2.36. The number of aromatic carboxylic acids is 1. The van der Waals surface area contributed by atoms with E-state index in [0.29, 0.717) is 6.07 Å². The van der Waals surface area contributed by atoms with E-state index in [2.05, 4.69) is 9.72 Å². The van der Waals surface area contributed by atoms with Gasteiger partial charge in [-0.1, -0.05) is 0 Å². The molecule has 0 aliphatic rings. The van der Waals surface area contributed by atoms with Gasteiger partial charge < -0.3 is 9.84 Å². The van der Waals surface area contributed by atoms with E-state index in [4.69, 9.17) is 5.11 Å². The topological polar surface area (TPSA) is 59.4 Å². The second-order valence-corrected chi connectivity index (χ2v) is 3.19. The molecule has 0 saturated carbocycles. The number of halogens is 5. The Morgan fingerprint density at radius 2 is 2.00 bits per heavy atom. The fourth-order valence-corrected chi connectivity index (χ4v) is 1.24. The van der Waals surface area contributed by atoms with Gasteiger partial charge in [0.2, 0.25) is 5.88 Å². The average molecular weight is 271 g/mol. The standard InChI is InChI=1S/C9H6F5NO3/c1-3-2-4(6(10)11)5(8(16)17)7(15-3)18-9(12,13)14/h2,6H,1H3,(H,16,17). The first kappa shape index (κ1) is 14.1. The van der Waals surface area contributed by atoms with Crippen LogP contribution in [-0.4, -0.2) is 22.4 Å². The molecule has 0 aliphatic carbocycles. The SMILES string of the molecule is Cc1cc(C(F)F)c(C(=O)O)c(OC(F)(F)F)n1. The summed E-state index contributed by atoms with van der Waals surface area (Å²) in [7, 11) is 0. The van der Waals surface area contributed by atoms with Crippen LogP contribution < -0.4 is 4.74 Å². The predicted octanol–water partition coefficient (Wildman–Crippen LogP) is 2.92. The van der Waals surface area contributed by atoms with Gasteiger partial charge in [-0.05, 0) is 13.0 Å². The summed E-state index contributed by atoms with van der Waals surface area (Å²) in [5, 5.41) is 8.66. The number of hydrogen-bond acceptors (Lipinski definition) is 3. The lowest BCUT2D eigenvalue weighted by Crippen LogP contribution is -2.21. The third-order valence-electron chi connectivity index (χ3n) is 1.81. The predicted molar refractivity (Wildman–Crippen MR) is 47.6 cm³/mol. The molecule has 1 N–H and O–H groups in total. The quantitative estimate of drug-likeness (QED) is 0.859. The number of carbonyl (C=O) groups is 1. The van der Waals surface area contributed by atoms with Crippen LogP contribution in [0.5, 0.6) is 5.88 Å². The van der Waals surface area contributed by atoms with Crippen LogP contribution in [0.4, 0.5) is 22.0 Å².